The van der Waals surface area contributed by atoms with Crippen molar-refractivity contribution in [1.29, 1.82) is 0 Å². The van der Waals surface area contributed by atoms with Crippen LogP contribution in [0, 0.1) is 0 Å². The van der Waals surface area contributed by atoms with Gasteiger partial charge in [0.25, 0.3) is 0 Å². The predicted octanol–water partition coefficient (Wildman–Crippen LogP) is 1.20. The van der Waals surface area contributed by atoms with Crippen molar-refractivity contribution in [2.75, 3.05) is 20.2 Å². The maximum atomic E-state index is 12.1. The molecule has 5 heteroatoms. The predicted molar refractivity (Wildman–Crippen MR) is 82.2 cm³/mol. The Labute approximate surface area is 124 Å². The highest BCUT2D eigenvalue weighted by Crippen LogP contribution is 2.17. The minimum Gasteiger partial charge on any atom is -0.380 e. The van der Waals surface area contributed by atoms with Crippen molar-refractivity contribution in [3.8, 4) is 0 Å². The van der Waals surface area contributed by atoms with Crippen LogP contribution in [0.15, 0.2) is 30.5 Å². The number of benzene rings is 1. The molecule has 1 aromatic heterocycles. The van der Waals surface area contributed by atoms with Crippen LogP contribution in [0.3, 0.4) is 0 Å². The number of carbonyl (C=O) groups is 1. The van der Waals surface area contributed by atoms with E-state index in [1.807, 2.05) is 18.3 Å². The highest BCUT2D eigenvalue weighted by molar-refractivity contribution is 5.84. The largest absolute Gasteiger partial charge is 0.380 e. The van der Waals surface area contributed by atoms with Crippen molar-refractivity contribution in [3.05, 3.63) is 36.0 Å². The number of nitrogens with one attached hydrogen (secondary N) is 3. The lowest BCUT2D eigenvalue weighted by Crippen LogP contribution is -2.41. The zero-order chi connectivity index (χ0) is 14.7. The quantitative estimate of drug-likeness (QED) is 0.774. The van der Waals surface area contributed by atoms with Crippen molar-refractivity contribution in [2.45, 2.75) is 25.0 Å². The first-order chi connectivity index (χ1) is 10.3. The smallest absolute Gasteiger partial charge is 0.237 e. The number of fused-ring (bicyclic) bond motifs is 1. The van der Waals surface area contributed by atoms with Gasteiger partial charge in [0.15, 0.2) is 0 Å². The zero-order valence-corrected chi connectivity index (χ0v) is 12.2. The van der Waals surface area contributed by atoms with Crippen LogP contribution in [0.25, 0.3) is 10.9 Å². The van der Waals surface area contributed by atoms with Gasteiger partial charge in [0.05, 0.1) is 12.1 Å². The Hall–Kier alpha value is -1.85. The Morgan fingerprint density at radius 3 is 3.10 bits per heavy atom. The molecule has 5 nitrogen and oxygen atoms in total. The first-order valence-corrected chi connectivity index (χ1v) is 7.37. The molecule has 2 atom stereocenters. The van der Waals surface area contributed by atoms with Crippen LogP contribution >= 0.6 is 0 Å². The molecule has 1 aliphatic rings. The number of carbonyl (C=O) groups excluding carboxylic acids is 1. The first kappa shape index (κ1) is 14.1. The second kappa shape index (κ2) is 6.28. The van der Waals surface area contributed by atoms with E-state index >= 15 is 0 Å². The van der Waals surface area contributed by atoms with Gasteiger partial charge in [-0.15, -0.1) is 0 Å². The molecule has 0 bridgehead atoms. The molecule has 0 radical (unpaired) electrons. The Kier molecular flexibility index (Phi) is 4.22. The molecule has 3 N–H and O–H groups in total. The van der Waals surface area contributed by atoms with E-state index < -0.39 is 0 Å². The Morgan fingerprint density at radius 2 is 2.29 bits per heavy atom. The molecule has 1 aromatic carbocycles. The Balaban J connectivity index is 1.51. The lowest BCUT2D eigenvalue weighted by atomic mass is 10.1. The van der Waals surface area contributed by atoms with E-state index in [2.05, 4.69) is 27.8 Å². The number of aromatic amines is 1. The number of ether oxygens (including phenoxy) is 1. The minimum absolute atomic E-state index is 0.0643. The third kappa shape index (κ3) is 3.09. The molecule has 112 valence electrons. The molecule has 1 fully saturated rings. The number of para-hydroxylation sites is 1. The number of hydrogen-bond acceptors (Lipinski definition) is 3. The number of aromatic nitrogens is 1. The van der Waals surface area contributed by atoms with E-state index in [0.29, 0.717) is 6.54 Å². The topological polar surface area (TPSA) is 66.2 Å². The lowest BCUT2D eigenvalue weighted by molar-refractivity contribution is -0.122. The Morgan fingerprint density at radius 1 is 1.43 bits per heavy atom. The molecule has 3 rings (SSSR count). The molecule has 1 aliphatic heterocycles. The zero-order valence-electron chi connectivity index (χ0n) is 12.2. The molecule has 0 aliphatic carbocycles. The fraction of sp³-hybridized carbons (Fsp3) is 0.438. The highest BCUT2D eigenvalue weighted by atomic mass is 16.5. The van der Waals surface area contributed by atoms with Gasteiger partial charge in [-0.2, -0.15) is 0 Å². The van der Waals surface area contributed by atoms with Crippen LogP contribution in [0.2, 0.25) is 0 Å². The molecule has 2 aromatic rings. The summed E-state index contributed by atoms with van der Waals surface area (Å²) in [5, 5.41) is 7.42. The van der Waals surface area contributed by atoms with Gasteiger partial charge in [-0.1, -0.05) is 18.2 Å². The average Bonchev–Trinajstić information content (AvgIpc) is 3.14. The van der Waals surface area contributed by atoms with Crippen molar-refractivity contribution in [1.82, 2.24) is 15.6 Å². The number of hydrogen-bond donors (Lipinski definition) is 3. The van der Waals surface area contributed by atoms with Crippen LogP contribution in [0.5, 0.6) is 0 Å². The number of methoxy groups -OCH3 is 1. The van der Waals surface area contributed by atoms with Gasteiger partial charge in [-0.05, 0) is 24.5 Å². The van der Waals surface area contributed by atoms with Gasteiger partial charge >= 0.3 is 0 Å². The van der Waals surface area contributed by atoms with Gasteiger partial charge in [0, 0.05) is 37.3 Å². The lowest BCUT2D eigenvalue weighted by Gasteiger charge is -2.11. The number of rotatable bonds is 5. The molecule has 0 spiro atoms. The van der Waals surface area contributed by atoms with E-state index in [1.165, 1.54) is 10.9 Å². The summed E-state index contributed by atoms with van der Waals surface area (Å²) >= 11 is 0. The average molecular weight is 287 g/mol. The van der Waals surface area contributed by atoms with Crippen LogP contribution in [0.4, 0.5) is 0 Å². The van der Waals surface area contributed by atoms with Crippen LogP contribution in [0.1, 0.15) is 12.0 Å². The van der Waals surface area contributed by atoms with Gasteiger partial charge in [0.1, 0.15) is 0 Å². The van der Waals surface area contributed by atoms with E-state index in [1.54, 1.807) is 7.11 Å². The van der Waals surface area contributed by atoms with Gasteiger partial charge in [-0.25, -0.2) is 0 Å². The summed E-state index contributed by atoms with van der Waals surface area (Å²) < 4.78 is 5.26. The van der Waals surface area contributed by atoms with Crippen molar-refractivity contribution < 1.29 is 9.53 Å². The molecule has 1 amide bonds. The fourth-order valence-corrected chi connectivity index (χ4v) is 2.86. The molecular formula is C16H21N3O2. The molecule has 21 heavy (non-hydrogen) atoms. The summed E-state index contributed by atoms with van der Waals surface area (Å²) in [5.74, 6) is 0.0643. The molecular weight excluding hydrogens is 266 g/mol. The molecule has 1 saturated heterocycles. The normalized spacial score (nSPS) is 21.8. The monoisotopic (exact) mass is 287 g/mol. The maximum Gasteiger partial charge on any atom is 0.237 e. The van der Waals surface area contributed by atoms with Crippen LogP contribution < -0.4 is 10.6 Å². The van der Waals surface area contributed by atoms with E-state index in [9.17, 15) is 4.79 Å². The summed E-state index contributed by atoms with van der Waals surface area (Å²) in [6.45, 7) is 1.40. The number of H-pyrrole nitrogens is 1. The minimum atomic E-state index is -0.127. The summed E-state index contributed by atoms with van der Waals surface area (Å²) in [5.41, 5.74) is 2.37. The molecule has 2 heterocycles. The summed E-state index contributed by atoms with van der Waals surface area (Å²) in [6.07, 6.45) is 3.74. The van der Waals surface area contributed by atoms with Crippen molar-refractivity contribution >= 4 is 16.8 Å². The summed E-state index contributed by atoms with van der Waals surface area (Å²) in [7, 11) is 1.68. The number of amides is 1. The summed E-state index contributed by atoms with van der Waals surface area (Å²) in [4.78, 5) is 15.3. The standard InChI is InChI=1S/C16H21N3O2/c1-21-12-8-15(19-10-12)16(20)17-7-6-11-9-18-14-5-3-2-4-13(11)14/h2-5,9,12,15,18-19H,6-8,10H2,1H3,(H,17,20). The second-order valence-electron chi connectivity index (χ2n) is 5.45. The third-order valence-corrected chi connectivity index (χ3v) is 4.11. The molecule has 0 saturated carbocycles. The van der Waals surface area contributed by atoms with Gasteiger partial charge < -0.3 is 20.4 Å². The molecule has 2 unspecified atom stereocenters. The van der Waals surface area contributed by atoms with Crippen molar-refractivity contribution in [2.24, 2.45) is 0 Å². The fourth-order valence-electron chi connectivity index (χ4n) is 2.86. The maximum absolute atomic E-state index is 12.1. The van der Waals surface area contributed by atoms with Crippen LogP contribution in [-0.4, -0.2) is 43.2 Å². The van der Waals surface area contributed by atoms with Gasteiger partial charge in [-0.3, -0.25) is 4.79 Å². The first-order valence-electron chi connectivity index (χ1n) is 7.37. The highest BCUT2D eigenvalue weighted by Gasteiger charge is 2.28. The third-order valence-electron chi connectivity index (χ3n) is 4.11. The summed E-state index contributed by atoms with van der Waals surface area (Å²) in [6, 6.07) is 8.08. The second-order valence-corrected chi connectivity index (χ2v) is 5.45. The van der Waals surface area contributed by atoms with E-state index in [0.717, 1.165) is 24.9 Å². The Bertz CT molecular complexity index is 623. The van der Waals surface area contributed by atoms with E-state index in [4.69, 9.17) is 4.74 Å². The SMILES string of the molecule is COC1CNC(C(=O)NCCc2c[nH]c3ccccc23)C1. The van der Waals surface area contributed by atoms with Crippen molar-refractivity contribution in [3.63, 3.8) is 0 Å². The van der Waals surface area contributed by atoms with E-state index in [-0.39, 0.29) is 18.1 Å². The van der Waals surface area contributed by atoms with Crippen LogP contribution in [-0.2, 0) is 16.0 Å². The van der Waals surface area contributed by atoms with Gasteiger partial charge in [0.2, 0.25) is 5.91 Å².